The molecule has 13 heteroatoms. The standard InChI is InChI=1S/C35H32N6O6S/c1-45-24-5-8-28-30(17-24)48-34(39-28)22-2-7-27(37-19-22)21-3-10-31(38-18-21)36-12-13-46-14-15-47-25-4-6-26-23(16-25)20-41(35(26)44)29-9-11-32(42)40-33(29)43/h2-8,10,16-19,29H,9,11-15,20H2,1H3,(H,36,38)(H,40,42,43). The van der Waals surface area contributed by atoms with Gasteiger partial charge in [-0.15, -0.1) is 11.3 Å². The first-order chi connectivity index (χ1) is 23.4. The van der Waals surface area contributed by atoms with Crippen molar-refractivity contribution < 1.29 is 28.6 Å². The van der Waals surface area contributed by atoms with Gasteiger partial charge in [0.1, 0.15) is 35.0 Å². The molecule has 0 saturated carbocycles. The molecule has 12 nitrogen and oxygen atoms in total. The summed E-state index contributed by atoms with van der Waals surface area (Å²) in [4.78, 5) is 52.0. The van der Waals surface area contributed by atoms with Crippen LogP contribution in [0.1, 0.15) is 28.8 Å². The van der Waals surface area contributed by atoms with Crippen molar-refractivity contribution in [1.82, 2.24) is 25.2 Å². The molecule has 5 heterocycles. The van der Waals surface area contributed by atoms with Crippen LogP contribution in [0.25, 0.3) is 32.0 Å². The van der Waals surface area contributed by atoms with Gasteiger partial charge >= 0.3 is 0 Å². The molecule has 0 aliphatic carbocycles. The second-order valence-electron chi connectivity index (χ2n) is 11.3. The molecule has 3 aromatic heterocycles. The molecule has 2 aromatic carbocycles. The Balaban J connectivity index is 0.829. The number of benzene rings is 2. The van der Waals surface area contributed by atoms with Gasteiger partial charge in [0.2, 0.25) is 11.8 Å². The maximum absolute atomic E-state index is 12.9. The van der Waals surface area contributed by atoms with Gasteiger partial charge in [0.25, 0.3) is 5.91 Å². The number of ether oxygens (including phenoxy) is 3. The molecule has 48 heavy (non-hydrogen) atoms. The van der Waals surface area contributed by atoms with E-state index in [2.05, 4.69) is 20.6 Å². The summed E-state index contributed by atoms with van der Waals surface area (Å²) in [7, 11) is 1.66. The lowest BCUT2D eigenvalue weighted by atomic mass is 10.0. The quantitative estimate of drug-likeness (QED) is 0.142. The predicted octanol–water partition coefficient (Wildman–Crippen LogP) is 4.70. The Hall–Kier alpha value is -5.40. The topological polar surface area (TPSA) is 145 Å². The summed E-state index contributed by atoms with van der Waals surface area (Å²) in [6, 6.07) is 18.4. The van der Waals surface area contributed by atoms with Crippen molar-refractivity contribution in [2.75, 3.05) is 38.8 Å². The van der Waals surface area contributed by atoms with Crippen molar-refractivity contribution in [3.8, 4) is 33.3 Å². The molecule has 2 aliphatic rings. The number of anilines is 1. The molecule has 244 valence electrons. The van der Waals surface area contributed by atoms with Gasteiger partial charge in [0.15, 0.2) is 0 Å². The first-order valence-corrected chi connectivity index (χ1v) is 16.4. The molecule has 1 saturated heterocycles. The van der Waals surface area contributed by atoms with Crippen molar-refractivity contribution in [1.29, 1.82) is 0 Å². The van der Waals surface area contributed by atoms with Crippen LogP contribution in [0.3, 0.4) is 0 Å². The highest BCUT2D eigenvalue weighted by Gasteiger charge is 2.39. The van der Waals surface area contributed by atoms with Gasteiger partial charge < -0.3 is 24.4 Å². The number of nitrogens with one attached hydrogen (secondary N) is 2. The maximum Gasteiger partial charge on any atom is 0.255 e. The lowest BCUT2D eigenvalue weighted by Crippen LogP contribution is -2.52. The summed E-state index contributed by atoms with van der Waals surface area (Å²) in [5, 5.41) is 6.48. The van der Waals surface area contributed by atoms with E-state index in [4.69, 9.17) is 19.2 Å². The number of imide groups is 1. The van der Waals surface area contributed by atoms with Gasteiger partial charge in [0.05, 0.1) is 36.2 Å². The predicted molar refractivity (Wildman–Crippen MR) is 180 cm³/mol. The van der Waals surface area contributed by atoms with Gasteiger partial charge in [-0.1, -0.05) is 0 Å². The molecular weight excluding hydrogens is 632 g/mol. The first-order valence-electron chi connectivity index (χ1n) is 15.5. The summed E-state index contributed by atoms with van der Waals surface area (Å²) in [6.07, 6.45) is 4.18. The minimum absolute atomic E-state index is 0.208. The molecule has 2 N–H and O–H groups in total. The molecule has 2 aliphatic heterocycles. The Morgan fingerprint density at radius 3 is 2.58 bits per heavy atom. The van der Waals surface area contributed by atoms with E-state index in [0.29, 0.717) is 50.6 Å². The van der Waals surface area contributed by atoms with E-state index in [1.54, 1.807) is 36.8 Å². The average molecular weight is 665 g/mol. The third-order valence-electron chi connectivity index (χ3n) is 8.21. The number of hydrogen-bond acceptors (Lipinski definition) is 11. The molecule has 1 unspecified atom stereocenters. The van der Waals surface area contributed by atoms with E-state index in [-0.39, 0.29) is 18.2 Å². The second-order valence-corrected chi connectivity index (χ2v) is 12.4. The number of carbonyl (C=O) groups is 3. The van der Waals surface area contributed by atoms with E-state index in [9.17, 15) is 14.4 Å². The fourth-order valence-corrected chi connectivity index (χ4v) is 6.69. The summed E-state index contributed by atoms with van der Waals surface area (Å²) in [5.74, 6) is 1.23. The smallest absolute Gasteiger partial charge is 0.255 e. The van der Waals surface area contributed by atoms with Crippen LogP contribution in [0.5, 0.6) is 11.5 Å². The monoisotopic (exact) mass is 664 g/mol. The number of thiazole rings is 1. The van der Waals surface area contributed by atoms with E-state index >= 15 is 0 Å². The molecule has 0 spiro atoms. The van der Waals surface area contributed by atoms with Gasteiger partial charge in [-0.2, -0.15) is 0 Å². The van der Waals surface area contributed by atoms with Crippen LogP contribution in [0, 0.1) is 0 Å². The fourth-order valence-electron chi connectivity index (χ4n) is 5.71. The zero-order chi connectivity index (χ0) is 33.0. The van der Waals surface area contributed by atoms with Gasteiger partial charge in [-0.05, 0) is 72.6 Å². The summed E-state index contributed by atoms with van der Waals surface area (Å²) >= 11 is 1.61. The van der Waals surface area contributed by atoms with Crippen LogP contribution in [-0.4, -0.2) is 77.1 Å². The number of carbonyl (C=O) groups excluding carboxylic acids is 3. The van der Waals surface area contributed by atoms with E-state index in [0.717, 1.165) is 49.2 Å². The molecule has 5 aromatic rings. The lowest BCUT2D eigenvalue weighted by Gasteiger charge is -2.29. The summed E-state index contributed by atoms with van der Waals surface area (Å²) in [6.45, 7) is 2.08. The van der Waals surface area contributed by atoms with Crippen molar-refractivity contribution >= 4 is 45.1 Å². The molecule has 0 bridgehead atoms. The number of amides is 3. The van der Waals surface area contributed by atoms with Crippen molar-refractivity contribution in [3.63, 3.8) is 0 Å². The van der Waals surface area contributed by atoms with Crippen LogP contribution in [0.15, 0.2) is 73.1 Å². The zero-order valence-electron chi connectivity index (χ0n) is 26.1. The van der Waals surface area contributed by atoms with Crippen LogP contribution < -0.4 is 20.1 Å². The number of aromatic nitrogens is 3. The number of methoxy groups -OCH3 is 1. The van der Waals surface area contributed by atoms with Crippen molar-refractivity contribution in [3.05, 3.63) is 84.2 Å². The van der Waals surface area contributed by atoms with E-state index < -0.39 is 11.9 Å². The van der Waals surface area contributed by atoms with Crippen LogP contribution in [0.2, 0.25) is 0 Å². The number of rotatable bonds is 12. The van der Waals surface area contributed by atoms with Gasteiger partial charge in [-0.25, -0.2) is 9.97 Å². The number of hydrogen-bond donors (Lipinski definition) is 2. The average Bonchev–Trinajstić information content (AvgIpc) is 3.68. The Labute approximate surface area is 280 Å². The highest BCUT2D eigenvalue weighted by molar-refractivity contribution is 7.21. The number of nitrogens with zero attached hydrogens (tertiary/aromatic N) is 4. The molecule has 3 amide bonds. The molecule has 1 atom stereocenters. The number of pyridine rings is 2. The Bertz CT molecular complexity index is 1980. The molecule has 7 rings (SSSR count). The normalized spacial score (nSPS) is 15.8. The third kappa shape index (κ3) is 6.68. The van der Waals surface area contributed by atoms with Crippen molar-refractivity contribution in [2.45, 2.75) is 25.4 Å². The van der Waals surface area contributed by atoms with Gasteiger partial charge in [-0.3, -0.25) is 24.7 Å². The van der Waals surface area contributed by atoms with Crippen LogP contribution in [0.4, 0.5) is 5.82 Å². The van der Waals surface area contributed by atoms with Crippen LogP contribution >= 0.6 is 11.3 Å². The highest BCUT2D eigenvalue weighted by atomic mass is 32.1. The largest absolute Gasteiger partial charge is 0.497 e. The minimum Gasteiger partial charge on any atom is -0.497 e. The number of piperidine rings is 1. The third-order valence-corrected chi connectivity index (χ3v) is 9.28. The lowest BCUT2D eigenvalue weighted by molar-refractivity contribution is -0.136. The first kappa shape index (κ1) is 31.2. The minimum atomic E-state index is -0.639. The van der Waals surface area contributed by atoms with E-state index in [1.807, 2.05) is 54.7 Å². The molecular formula is C35H32N6O6S. The van der Waals surface area contributed by atoms with Crippen LogP contribution in [-0.2, 0) is 20.9 Å². The highest BCUT2D eigenvalue weighted by Crippen LogP contribution is 2.33. The fraction of sp³-hybridized carbons (Fsp3) is 0.257. The Kier molecular flexibility index (Phi) is 8.95. The zero-order valence-corrected chi connectivity index (χ0v) is 26.9. The SMILES string of the molecule is COc1ccc2nc(-c3ccc(-c4ccc(NCCOCCOc5ccc6c(c5)CN(C5CCC(=O)NC5=O)C6=O)nc4)nc3)sc2c1. The van der Waals surface area contributed by atoms with Crippen molar-refractivity contribution in [2.24, 2.45) is 0 Å². The molecule has 1 fully saturated rings. The summed E-state index contributed by atoms with van der Waals surface area (Å²) in [5.41, 5.74) is 4.97. The number of fused-ring (bicyclic) bond motifs is 2. The summed E-state index contributed by atoms with van der Waals surface area (Å²) < 4.78 is 17.9. The Morgan fingerprint density at radius 2 is 1.79 bits per heavy atom. The van der Waals surface area contributed by atoms with Gasteiger partial charge in [0, 0.05) is 48.6 Å². The molecule has 0 radical (unpaired) electrons. The maximum atomic E-state index is 12.9. The van der Waals surface area contributed by atoms with E-state index in [1.165, 1.54) is 4.90 Å². The second kappa shape index (κ2) is 13.8. The Morgan fingerprint density at radius 1 is 0.938 bits per heavy atom.